The van der Waals surface area contributed by atoms with Crippen molar-refractivity contribution in [2.24, 2.45) is 0 Å². The van der Waals surface area contributed by atoms with Crippen molar-refractivity contribution in [3.63, 3.8) is 0 Å². The van der Waals surface area contributed by atoms with Gasteiger partial charge in [-0.15, -0.1) is 11.3 Å². The molecule has 0 saturated carbocycles. The van der Waals surface area contributed by atoms with E-state index in [1.807, 2.05) is 48.0 Å². The molecule has 0 saturated heterocycles. The number of H-pyrrole nitrogens is 1. The molecule has 6 heteroatoms. The van der Waals surface area contributed by atoms with Gasteiger partial charge in [-0.2, -0.15) is 5.10 Å². The van der Waals surface area contributed by atoms with Crippen LogP contribution in [0, 0.1) is 0 Å². The van der Waals surface area contributed by atoms with Gasteiger partial charge in [0.15, 0.2) is 0 Å². The fraction of sp³-hybridized carbons (Fsp3) is 0.235. The monoisotopic (exact) mass is 329 g/mol. The Hall–Kier alpha value is -2.15. The summed E-state index contributed by atoms with van der Waals surface area (Å²) in [5.41, 5.74) is 2.12. The standard InChI is InChI=1S/C17H19N3O2S/c21-14(12-22-15-5-2-1-3-6-15)11-18-9-13-10-19-20-17(13)16-7-4-8-23-16/h1-8,10,14,18,21H,9,11-12H2,(H,19,20)/t14-/m1/s1. The lowest BCUT2D eigenvalue weighted by molar-refractivity contribution is 0.106. The molecule has 1 aromatic carbocycles. The van der Waals surface area contributed by atoms with E-state index in [0.717, 1.165) is 21.9 Å². The Kier molecular flexibility index (Phi) is 5.42. The highest BCUT2D eigenvalue weighted by Crippen LogP contribution is 2.25. The zero-order chi connectivity index (χ0) is 15.9. The minimum atomic E-state index is -0.563. The van der Waals surface area contributed by atoms with Gasteiger partial charge in [0.25, 0.3) is 0 Å². The first-order valence-corrected chi connectivity index (χ1v) is 8.33. The van der Waals surface area contributed by atoms with Gasteiger partial charge in [-0.3, -0.25) is 5.10 Å². The number of aliphatic hydroxyl groups is 1. The van der Waals surface area contributed by atoms with Crippen LogP contribution in [-0.2, 0) is 6.54 Å². The van der Waals surface area contributed by atoms with E-state index in [1.54, 1.807) is 11.3 Å². The van der Waals surface area contributed by atoms with Gasteiger partial charge >= 0.3 is 0 Å². The quantitative estimate of drug-likeness (QED) is 0.594. The molecule has 0 aliphatic rings. The number of hydrogen-bond acceptors (Lipinski definition) is 5. The van der Waals surface area contributed by atoms with Crippen molar-refractivity contribution in [3.05, 3.63) is 59.6 Å². The van der Waals surface area contributed by atoms with Crippen LogP contribution in [0.3, 0.4) is 0 Å². The molecule has 0 spiro atoms. The minimum Gasteiger partial charge on any atom is -0.491 e. The lowest BCUT2D eigenvalue weighted by Crippen LogP contribution is -2.31. The highest BCUT2D eigenvalue weighted by molar-refractivity contribution is 7.13. The van der Waals surface area contributed by atoms with Crippen molar-refractivity contribution >= 4 is 11.3 Å². The van der Waals surface area contributed by atoms with E-state index in [2.05, 4.69) is 21.6 Å². The van der Waals surface area contributed by atoms with E-state index in [4.69, 9.17) is 4.74 Å². The second-order valence-corrected chi connectivity index (χ2v) is 6.10. The van der Waals surface area contributed by atoms with Crippen molar-refractivity contribution < 1.29 is 9.84 Å². The van der Waals surface area contributed by atoms with Gasteiger partial charge in [-0.05, 0) is 23.6 Å². The number of nitrogens with one attached hydrogen (secondary N) is 2. The van der Waals surface area contributed by atoms with Crippen LogP contribution in [0.4, 0.5) is 0 Å². The normalized spacial score (nSPS) is 12.2. The maximum Gasteiger partial charge on any atom is 0.119 e. The third kappa shape index (κ3) is 4.41. The number of benzene rings is 1. The molecule has 0 aliphatic heterocycles. The minimum absolute atomic E-state index is 0.264. The molecule has 2 aromatic heterocycles. The summed E-state index contributed by atoms with van der Waals surface area (Å²) in [6, 6.07) is 13.6. The van der Waals surface area contributed by atoms with E-state index in [9.17, 15) is 5.11 Å². The number of aliphatic hydroxyl groups excluding tert-OH is 1. The zero-order valence-electron chi connectivity index (χ0n) is 12.6. The number of aromatic nitrogens is 2. The molecule has 5 nitrogen and oxygen atoms in total. The molecule has 0 radical (unpaired) electrons. The average molecular weight is 329 g/mol. The summed E-state index contributed by atoms with van der Waals surface area (Å²) in [5.74, 6) is 0.765. The summed E-state index contributed by atoms with van der Waals surface area (Å²) < 4.78 is 5.53. The van der Waals surface area contributed by atoms with Gasteiger partial charge in [0, 0.05) is 18.7 Å². The first-order chi connectivity index (χ1) is 11.3. The van der Waals surface area contributed by atoms with Crippen LogP contribution in [0.15, 0.2) is 54.0 Å². The molecular formula is C17H19N3O2S. The fourth-order valence-corrected chi connectivity index (χ4v) is 2.98. The highest BCUT2D eigenvalue weighted by Gasteiger charge is 2.10. The number of hydrogen-bond donors (Lipinski definition) is 3. The SMILES string of the molecule is O[C@H](CNCc1cn[nH]c1-c1cccs1)COc1ccccc1. The number of ether oxygens (including phenoxy) is 1. The van der Waals surface area contributed by atoms with Crippen LogP contribution in [-0.4, -0.2) is 34.6 Å². The second kappa shape index (κ2) is 7.92. The maximum absolute atomic E-state index is 9.98. The molecule has 120 valence electrons. The van der Waals surface area contributed by atoms with Gasteiger partial charge in [0.2, 0.25) is 0 Å². The molecule has 3 rings (SSSR count). The van der Waals surface area contributed by atoms with Crippen LogP contribution < -0.4 is 10.1 Å². The van der Waals surface area contributed by atoms with Crippen molar-refractivity contribution in [1.82, 2.24) is 15.5 Å². The van der Waals surface area contributed by atoms with Crippen LogP contribution in [0.5, 0.6) is 5.75 Å². The van der Waals surface area contributed by atoms with Crippen molar-refractivity contribution in [2.75, 3.05) is 13.2 Å². The molecule has 23 heavy (non-hydrogen) atoms. The summed E-state index contributed by atoms with van der Waals surface area (Å²) in [6.45, 7) is 1.37. The largest absolute Gasteiger partial charge is 0.491 e. The Labute approximate surface area is 139 Å². The number of thiophene rings is 1. The summed E-state index contributed by atoms with van der Waals surface area (Å²) in [4.78, 5) is 1.16. The van der Waals surface area contributed by atoms with E-state index in [1.165, 1.54) is 0 Å². The first kappa shape index (κ1) is 15.7. The highest BCUT2D eigenvalue weighted by atomic mass is 32.1. The Balaban J connectivity index is 1.44. The lowest BCUT2D eigenvalue weighted by Gasteiger charge is -2.13. The Morgan fingerprint density at radius 3 is 2.87 bits per heavy atom. The number of rotatable bonds is 8. The molecular weight excluding hydrogens is 310 g/mol. The topological polar surface area (TPSA) is 70.2 Å². The van der Waals surface area contributed by atoms with Crippen molar-refractivity contribution in [2.45, 2.75) is 12.6 Å². The smallest absolute Gasteiger partial charge is 0.119 e. The van der Waals surface area contributed by atoms with Gasteiger partial charge in [0.05, 0.1) is 16.8 Å². The molecule has 3 N–H and O–H groups in total. The summed E-state index contributed by atoms with van der Waals surface area (Å²) in [5, 5.41) is 22.4. The van der Waals surface area contributed by atoms with Crippen LogP contribution in [0.25, 0.3) is 10.6 Å². The fourth-order valence-electron chi connectivity index (χ4n) is 2.22. The Morgan fingerprint density at radius 1 is 1.22 bits per heavy atom. The number of nitrogens with zero attached hydrogens (tertiary/aromatic N) is 1. The van der Waals surface area contributed by atoms with Crippen LogP contribution in [0.1, 0.15) is 5.56 Å². The third-order valence-electron chi connectivity index (χ3n) is 3.37. The maximum atomic E-state index is 9.98. The van der Waals surface area contributed by atoms with Gasteiger partial charge in [-0.25, -0.2) is 0 Å². The Morgan fingerprint density at radius 2 is 2.09 bits per heavy atom. The van der Waals surface area contributed by atoms with E-state index >= 15 is 0 Å². The van der Waals surface area contributed by atoms with Crippen LogP contribution in [0.2, 0.25) is 0 Å². The summed E-state index contributed by atoms with van der Waals surface area (Å²) in [6.07, 6.45) is 1.25. The number of aromatic amines is 1. The molecule has 0 fully saturated rings. The van der Waals surface area contributed by atoms with E-state index < -0.39 is 6.10 Å². The molecule has 3 aromatic rings. The zero-order valence-corrected chi connectivity index (χ0v) is 13.4. The van der Waals surface area contributed by atoms with Crippen LogP contribution >= 0.6 is 11.3 Å². The molecule has 0 amide bonds. The Bertz CT molecular complexity index is 698. The third-order valence-corrected chi connectivity index (χ3v) is 4.25. The second-order valence-electron chi connectivity index (χ2n) is 5.16. The predicted octanol–water partition coefficient (Wildman–Crippen LogP) is 2.67. The van der Waals surface area contributed by atoms with Gasteiger partial charge in [0.1, 0.15) is 18.5 Å². The van der Waals surface area contributed by atoms with E-state index in [0.29, 0.717) is 13.1 Å². The first-order valence-electron chi connectivity index (χ1n) is 7.45. The molecule has 0 bridgehead atoms. The molecule has 0 aliphatic carbocycles. The van der Waals surface area contributed by atoms with Gasteiger partial charge < -0.3 is 15.2 Å². The van der Waals surface area contributed by atoms with E-state index in [-0.39, 0.29) is 6.61 Å². The van der Waals surface area contributed by atoms with Crippen molar-refractivity contribution in [1.29, 1.82) is 0 Å². The summed E-state index contributed by atoms with van der Waals surface area (Å²) in [7, 11) is 0. The molecule has 2 heterocycles. The lowest BCUT2D eigenvalue weighted by atomic mass is 10.2. The van der Waals surface area contributed by atoms with Gasteiger partial charge in [-0.1, -0.05) is 24.3 Å². The average Bonchev–Trinajstić information content (AvgIpc) is 3.25. The summed E-state index contributed by atoms with van der Waals surface area (Å²) >= 11 is 1.67. The molecule has 0 unspecified atom stereocenters. The molecule has 1 atom stereocenters. The van der Waals surface area contributed by atoms with Crippen molar-refractivity contribution in [3.8, 4) is 16.3 Å². The predicted molar refractivity (Wildman–Crippen MR) is 91.6 cm³/mol. The number of para-hydroxylation sites is 1.